The highest BCUT2D eigenvalue weighted by molar-refractivity contribution is 5.58. The number of nitrogens with zero attached hydrogens (tertiary/aromatic N) is 1. The predicted octanol–water partition coefficient (Wildman–Crippen LogP) is 3.61. The predicted molar refractivity (Wildman–Crippen MR) is 119 cm³/mol. The first-order chi connectivity index (χ1) is 15.2. The molecule has 31 heavy (non-hydrogen) atoms. The Balaban J connectivity index is 1.16. The van der Waals surface area contributed by atoms with Gasteiger partial charge in [-0.1, -0.05) is 24.3 Å². The first-order valence-corrected chi connectivity index (χ1v) is 11.8. The first kappa shape index (κ1) is 18.3. The number of piperidine rings is 1. The van der Waals surface area contributed by atoms with Gasteiger partial charge < -0.3 is 24.4 Å². The van der Waals surface area contributed by atoms with Gasteiger partial charge in [-0.25, -0.2) is 0 Å². The number of anilines is 1. The van der Waals surface area contributed by atoms with Gasteiger partial charge in [0.05, 0.1) is 24.4 Å². The van der Waals surface area contributed by atoms with Crippen molar-refractivity contribution in [2.24, 2.45) is 5.92 Å². The Morgan fingerprint density at radius 1 is 1.13 bits per heavy atom. The van der Waals surface area contributed by atoms with Crippen molar-refractivity contribution in [3.8, 4) is 11.5 Å². The number of likely N-dealkylation sites (N-methyl/N-ethyl adjacent to an activating group) is 1. The summed E-state index contributed by atoms with van der Waals surface area (Å²) in [7, 11) is 2.31. The third-order valence-electron chi connectivity index (χ3n) is 8.64. The van der Waals surface area contributed by atoms with E-state index in [9.17, 15) is 0 Å². The van der Waals surface area contributed by atoms with Gasteiger partial charge in [-0.15, -0.1) is 0 Å². The fraction of sp³-hybridized carbons (Fsp3) is 0.538. The van der Waals surface area contributed by atoms with Crippen molar-refractivity contribution in [2.45, 2.75) is 55.4 Å². The van der Waals surface area contributed by atoms with E-state index in [0.29, 0.717) is 25.2 Å². The van der Waals surface area contributed by atoms with E-state index in [4.69, 9.17) is 14.2 Å². The minimum atomic E-state index is 0.132. The lowest BCUT2D eigenvalue weighted by Gasteiger charge is -2.59. The lowest BCUT2D eigenvalue weighted by Crippen LogP contribution is -2.66. The summed E-state index contributed by atoms with van der Waals surface area (Å²) in [5.74, 6) is 2.73. The molecule has 2 fully saturated rings. The summed E-state index contributed by atoms with van der Waals surface area (Å²) in [4.78, 5) is 2.60. The maximum absolute atomic E-state index is 6.73. The van der Waals surface area contributed by atoms with Gasteiger partial charge >= 0.3 is 0 Å². The lowest BCUT2D eigenvalue weighted by atomic mass is 9.51. The van der Waals surface area contributed by atoms with Crippen LogP contribution in [0, 0.1) is 5.92 Å². The smallest absolute Gasteiger partial charge is 0.142 e. The highest BCUT2D eigenvalue weighted by Crippen LogP contribution is 2.62. The van der Waals surface area contributed by atoms with Gasteiger partial charge in [0, 0.05) is 17.0 Å². The van der Waals surface area contributed by atoms with Crippen LogP contribution in [-0.2, 0) is 16.6 Å². The Kier molecular flexibility index (Phi) is 3.92. The molecule has 7 rings (SSSR count). The Morgan fingerprint density at radius 3 is 3.00 bits per heavy atom. The second kappa shape index (κ2) is 6.63. The van der Waals surface area contributed by atoms with Crippen molar-refractivity contribution >= 4 is 5.69 Å². The van der Waals surface area contributed by atoms with Crippen molar-refractivity contribution in [2.75, 3.05) is 32.1 Å². The van der Waals surface area contributed by atoms with Crippen LogP contribution >= 0.6 is 0 Å². The van der Waals surface area contributed by atoms with E-state index < -0.39 is 0 Å². The number of likely N-dealkylation sites (tertiary alicyclic amines) is 1. The van der Waals surface area contributed by atoms with Gasteiger partial charge in [0.25, 0.3) is 0 Å². The van der Waals surface area contributed by atoms with Gasteiger partial charge in [-0.2, -0.15) is 0 Å². The minimum absolute atomic E-state index is 0.132. The molecule has 162 valence electrons. The Morgan fingerprint density at radius 2 is 2.03 bits per heavy atom. The van der Waals surface area contributed by atoms with Gasteiger partial charge in [0.1, 0.15) is 24.2 Å². The molecule has 2 aromatic carbocycles. The maximum atomic E-state index is 6.73. The molecule has 2 aliphatic carbocycles. The van der Waals surface area contributed by atoms with Crippen LogP contribution in [0.25, 0.3) is 0 Å². The topological polar surface area (TPSA) is 43.0 Å². The molecule has 5 nitrogen and oxygen atoms in total. The summed E-state index contributed by atoms with van der Waals surface area (Å²) < 4.78 is 19.3. The third-order valence-corrected chi connectivity index (χ3v) is 8.64. The fourth-order valence-corrected chi connectivity index (χ4v) is 7.32. The van der Waals surface area contributed by atoms with Crippen LogP contribution in [0.2, 0.25) is 0 Å². The molecule has 2 aromatic rings. The van der Waals surface area contributed by atoms with Crippen molar-refractivity contribution < 1.29 is 14.2 Å². The van der Waals surface area contributed by atoms with Crippen molar-refractivity contribution in [1.29, 1.82) is 0 Å². The van der Waals surface area contributed by atoms with Crippen LogP contribution < -0.4 is 14.8 Å². The van der Waals surface area contributed by atoms with Crippen LogP contribution in [0.1, 0.15) is 30.4 Å². The Bertz CT molecular complexity index is 1030. The number of rotatable bonds is 3. The average Bonchev–Trinajstić information content (AvgIpc) is 3.15. The largest absolute Gasteiger partial charge is 0.489 e. The standard InChI is InChI=1S/C26H30N2O3/c1-28-12-11-26-18-9-10-23(30-15-17-14-29-21-7-3-2-6-19(21)27-17)25(26)31-22-8-4-5-16(24(22)26)13-20(18)28/h2-8,17-18,20,23,25,27H,9-15H2,1H3/t17?,18-,20+,23+,25-,26-/m0/s1. The summed E-state index contributed by atoms with van der Waals surface area (Å²) in [5, 5.41) is 3.59. The van der Waals surface area contributed by atoms with E-state index in [2.05, 4.69) is 41.5 Å². The second-order valence-electron chi connectivity index (χ2n) is 10.1. The van der Waals surface area contributed by atoms with Crippen molar-refractivity contribution in [1.82, 2.24) is 4.90 Å². The van der Waals surface area contributed by atoms with Gasteiger partial charge in [0.15, 0.2) is 0 Å². The molecule has 1 saturated heterocycles. The zero-order valence-corrected chi connectivity index (χ0v) is 18.0. The minimum Gasteiger partial charge on any atom is -0.489 e. The van der Waals surface area contributed by atoms with E-state index >= 15 is 0 Å². The molecule has 5 aliphatic rings. The zero-order valence-electron chi connectivity index (χ0n) is 18.0. The Hall–Kier alpha value is -2.24. The molecule has 6 atom stereocenters. The normalized spacial score (nSPS) is 37.1. The SMILES string of the molecule is CN1CC[C@]23c4c5cccc4O[C@H]2[C@H](OCC2COc4ccccc4N2)CC[C@H]3[C@H]1C5. The maximum Gasteiger partial charge on any atom is 0.142 e. The molecule has 0 amide bonds. The lowest BCUT2D eigenvalue weighted by molar-refractivity contribution is -0.124. The molecule has 1 spiro atoms. The summed E-state index contributed by atoms with van der Waals surface area (Å²) in [6, 6.07) is 15.6. The van der Waals surface area contributed by atoms with Crippen LogP contribution in [0.15, 0.2) is 42.5 Å². The van der Waals surface area contributed by atoms with Crippen LogP contribution in [-0.4, -0.2) is 56.0 Å². The van der Waals surface area contributed by atoms with E-state index in [1.54, 1.807) is 0 Å². The van der Waals surface area contributed by atoms with Gasteiger partial charge in [-0.05, 0) is 69.0 Å². The highest BCUT2D eigenvalue weighted by atomic mass is 16.5. The van der Waals surface area contributed by atoms with Crippen LogP contribution in [0.3, 0.4) is 0 Å². The first-order valence-electron chi connectivity index (χ1n) is 11.8. The van der Waals surface area contributed by atoms with E-state index in [0.717, 1.165) is 36.6 Å². The van der Waals surface area contributed by atoms with Gasteiger partial charge in [-0.3, -0.25) is 0 Å². The Labute approximate surface area is 183 Å². The van der Waals surface area contributed by atoms with E-state index in [-0.39, 0.29) is 23.7 Å². The number of ether oxygens (including phenoxy) is 3. The molecule has 1 saturated carbocycles. The quantitative estimate of drug-likeness (QED) is 0.825. The molecule has 3 aliphatic heterocycles. The molecule has 1 unspecified atom stereocenters. The van der Waals surface area contributed by atoms with Gasteiger partial charge in [0.2, 0.25) is 0 Å². The second-order valence-corrected chi connectivity index (χ2v) is 10.1. The summed E-state index contributed by atoms with van der Waals surface area (Å²) in [5.41, 5.74) is 4.22. The molecule has 2 bridgehead atoms. The summed E-state index contributed by atoms with van der Waals surface area (Å²) in [6.07, 6.45) is 4.92. The number of nitrogens with one attached hydrogen (secondary N) is 1. The number of fused-ring (bicyclic) bond motifs is 1. The summed E-state index contributed by atoms with van der Waals surface area (Å²) in [6.45, 7) is 2.43. The van der Waals surface area contributed by atoms with Crippen LogP contribution in [0.5, 0.6) is 11.5 Å². The fourth-order valence-electron chi connectivity index (χ4n) is 7.32. The number of hydrogen-bond acceptors (Lipinski definition) is 5. The third kappa shape index (κ3) is 2.50. The van der Waals surface area contributed by atoms with E-state index in [1.807, 2.05) is 18.2 Å². The number of hydrogen-bond donors (Lipinski definition) is 1. The molecule has 1 N–H and O–H groups in total. The molecule has 3 heterocycles. The number of benzene rings is 2. The molecule has 0 aromatic heterocycles. The van der Waals surface area contributed by atoms with Crippen molar-refractivity contribution in [3.05, 3.63) is 53.6 Å². The molecule has 5 heteroatoms. The van der Waals surface area contributed by atoms with Crippen molar-refractivity contribution in [3.63, 3.8) is 0 Å². The monoisotopic (exact) mass is 418 g/mol. The average molecular weight is 419 g/mol. The zero-order chi connectivity index (χ0) is 20.6. The molecule has 0 radical (unpaired) electrons. The molecular weight excluding hydrogens is 388 g/mol. The van der Waals surface area contributed by atoms with E-state index in [1.165, 1.54) is 24.0 Å². The highest BCUT2D eigenvalue weighted by Gasteiger charge is 2.65. The number of para-hydroxylation sites is 2. The molecular formula is C26H30N2O3. The summed E-state index contributed by atoms with van der Waals surface area (Å²) >= 11 is 0. The van der Waals surface area contributed by atoms with Crippen LogP contribution in [0.4, 0.5) is 5.69 Å².